The van der Waals surface area contributed by atoms with Crippen LogP contribution in [0.5, 0.6) is 11.5 Å². The lowest BCUT2D eigenvalue weighted by Gasteiger charge is -2.18. The van der Waals surface area contributed by atoms with E-state index in [1.165, 1.54) is 0 Å². The molecule has 0 atom stereocenters. The van der Waals surface area contributed by atoms with Crippen LogP contribution < -0.4 is 14.8 Å². The molecule has 1 aliphatic heterocycles. The minimum absolute atomic E-state index is 0.166. The first kappa shape index (κ1) is 17.6. The van der Waals surface area contributed by atoms with Gasteiger partial charge in [-0.25, -0.2) is 9.78 Å². The van der Waals surface area contributed by atoms with Crippen molar-refractivity contribution in [3.8, 4) is 11.5 Å². The average Bonchev–Trinajstić information content (AvgIpc) is 3.27. The summed E-state index contributed by atoms with van der Waals surface area (Å²) in [6.45, 7) is 4.98. The molecule has 6 nitrogen and oxygen atoms in total. The molecule has 0 fully saturated rings. The van der Waals surface area contributed by atoms with Gasteiger partial charge < -0.3 is 19.7 Å². The molecule has 3 aromatic rings. The van der Waals surface area contributed by atoms with Crippen molar-refractivity contribution in [2.75, 3.05) is 19.2 Å². The molecule has 0 saturated carbocycles. The lowest BCUT2D eigenvalue weighted by atomic mass is 10.2. The standard InChI is InChI=1S/C20H21N3O3S/c1-12(2)19-22-15-6-5-14(9-18(15)27-19)21-20(24)23(3)10-13-4-7-16-17(8-13)26-11-25-16/h4-9,12H,10-11H2,1-3H3,(H,21,24). The van der Waals surface area contributed by atoms with Crippen LogP contribution in [-0.2, 0) is 6.54 Å². The fourth-order valence-electron chi connectivity index (χ4n) is 2.87. The van der Waals surface area contributed by atoms with E-state index in [-0.39, 0.29) is 12.8 Å². The minimum atomic E-state index is -0.166. The highest BCUT2D eigenvalue weighted by atomic mass is 32.1. The number of ether oxygens (including phenoxy) is 2. The highest BCUT2D eigenvalue weighted by molar-refractivity contribution is 7.18. The summed E-state index contributed by atoms with van der Waals surface area (Å²) < 4.78 is 11.8. The number of fused-ring (bicyclic) bond motifs is 2. The van der Waals surface area contributed by atoms with Crippen LogP contribution in [0.15, 0.2) is 36.4 Å². The number of anilines is 1. The maximum absolute atomic E-state index is 12.5. The van der Waals surface area contributed by atoms with E-state index in [9.17, 15) is 4.79 Å². The molecular formula is C20H21N3O3S. The lowest BCUT2D eigenvalue weighted by Crippen LogP contribution is -2.30. The second-order valence-electron chi connectivity index (χ2n) is 6.86. The van der Waals surface area contributed by atoms with E-state index in [0.717, 1.165) is 38.0 Å². The third-order valence-corrected chi connectivity index (χ3v) is 5.67. The van der Waals surface area contributed by atoms with Crippen LogP contribution in [0.3, 0.4) is 0 Å². The van der Waals surface area contributed by atoms with E-state index in [1.807, 2.05) is 36.4 Å². The molecule has 0 radical (unpaired) electrons. The number of thiazole rings is 1. The molecule has 2 heterocycles. The number of hydrogen-bond donors (Lipinski definition) is 1. The molecule has 0 spiro atoms. The Balaban J connectivity index is 1.44. The van der Waals surface area contributed by atoms with E-state index in [1.54, 1.807) is 23.3 Å². The molecular weight excluding hydrogens is 362 g/mol. The van der Waals surface area contributed by atoms with Crippen molar-refractivity contribution >= 4 is 33.3 Å². The van der Waals surface area contributed by atoms with E-state index in [4.69, 9.17) is 9.47 Å². The second-order valence-corrected chi connectivity index (χ2v) is 7.93. The van der Waals surface area contributed by atoms with Crippen molar-refractivity contribution in [3.05, 3.63) is 47.0 Å². The Morgan fingerprint density at radius 2 is 2.04 bits per heavy atom. The van der Waals surface area contributed by atoms with Gasteiger partial charge >= 0.3 is 6.03 Å². The Kier molecular flexibility index (Phi) is 4.61. The van der Waals surface area contributed by atoms with Gasteiger partial charge in [0.1, 0.15) is 0 Å². The van der Waals surface area contributed by atoms with Crippen LogP contribution in [0.4, 0.5) is 10.5 Å². The number of aromatic nitrogens is 1. The van der Waals surface area contributed by atoms with Crippen LogP contribution >= 0.6 is 11.3 Å². The SMILES string of the molecule is CC(C)c1nc2ccc(NC(=O)N(C)Cc3ccc4c(c3)OCO4)cc2s1. The van der Waals surface area contributed by atoms with Gasteiger partial charge in [-0.05, 0) is 35.9 Å². The molecule has 0 unspecified atom stereocenters. The first-order chi connectivity index (χ1) is 13.0. The molecule has 4 rings (SSSR count). The zero-order valence-corrected chi connectivity index (χ0v) is 16.3. The third-order valence-electron chi connectivity index (χ3n) is 4.35. The summed E-state index contributed by atoms with van der Waals surface area (Å²) in [6.07, 6.45) is 0. The number of amides is 2. The maximum atomic E-state index is 12.5. The molecule has 27 heavy (non-hydrogen) atoms. The smallest absolute Gasteiger partial charge is 0.321 e. The van der Waals surface area contributed by atoms with Gasteiger partial charge in [-0.1, -0.05) is 19.9 Å². The number of benzene rings is 2. The number of carbonyl (C=O) groups is 1. The van der Waals surface area contributed by atoms with Crippen molar-refractivity contribution in [3.63, 3.8) is 0 Å². The van der Waals surface area contributed by atoms with E-state index in [2.05, 4.69) is 24.1 Å². The summed E-state index contributed by atoms with van der Waals surface area (Å²) in [7, 11) is 1.77. The molecule has 1 aromatic heterocycles. The van der Waals surface area contributed by atoms with Crippen LogP contribution in [-0.4, -0.2) is 29.8 Å². The Hall–Kier alpha value is -2.80. The van der Waals surface area contributed by atoms with Gasteiger partial charge in [0.05, 0.1) is 15.2 Å². The van der Waals surface area contributed by atoms with Crippen molar-refractivity contribution in [2.24, 2.45) is 0 Å². The number of carbonyl (C=O) groups excluding carboxylic acids is 1. The third kappa shape index (κ3) is 3.68. The summed E-state index contributed by atoms with van der Waals surface area (Å²) in [4.78, 5) is 18.8. The van der Waals surface area contributed by atoms with Crippen molar-refractivity contribution in [1.29, 1.82) is 0 Å². The number of nitrogens with zero attached hydrogens (tertiary/aromatic N) is 2. The number of urea groups is 1. The van der Waals surface area contributed by atoms with Crippen molar-refractivity contribution in [1.82, 2.24) is 9.88 Å². The predicted octanol–water partition coefficient (Wildman–Crippen LogP) is 4.81. The first-order valence-electron chi connectivity index (χ1n) is 8.81. The highest BCUT2D eigenvalue weighted by Crippen LogP contribution is 2.33. The lowest BCUT2D eigenvalue weighted by molar-refractivity contribution is 0.174. The summed E-state index contributed by atoms with van der Waals surface area (Å²) in [5.74, 6) is 1.86. The molecule has 2 aromatic carbocycles. The zero-order chi connectivity index (χ0) is 19.0. The van der Waals surface area contributed by atoms with Gasteiger partial charge in [0, 0.05) is 25.2 Å². The van der Waals surface area contributed by atoms with Crippen molar-refractivity contribution in [2.45, 2.75) is 26.3 Å². The van der Waals surface area contributed by atoms with Crippen LogP contribution in [0.25, 0.3) is 10.2 Å². The first-order valence-corrected chi connectivity index (χ1v) is 9.62. The molecule has 1 aliphatic rings. The monoisotopic (exact) mass is 383 g/mol. The van der Waals surface area contributed by atoms with Gasteiger partial charge in [-0.2, -0.15) is 0 Å². The number of hydrogen-bond acceptors (Lipinski definition) is 5. The zero-order valence-electron chi connectivity index (χ0n) is 15.5. The van der Waals surface area contributed by atoms with Crippen LogP contribution in [0.1, 0.15) is 30.3 Å². The average molecular weight is 383 g/mol. The Labute approximate surface area is 161 Å². The molecule has 0 bridgehead atoms. The molecule has 0 aliphatic carbocycles. The molecule has 1 N–H and O–H groups in total. The topological polar surface area (TPSA) is 63.7 Å². The van der Waals surface area contributed by atoms with E-state index >= 15 is 0 Å². The van der Waals surface area contributed by atoms with Crippen LogP contribution in [0.2, 0.25) is 0 Å². The fourth-order valence-corrected chi connectivity index (χ4v) is 3.88. The largest absolute Gasteiger partial charge is 0.454 e. The fraction of sp³-hybridized carbons (Fsp3) is 0.300. The molecule has 0 saturated heterocycles. The van der Waals surface area contributed by atoms with Gasteiger partial charge in [0.25, 0.3) is 0 Å². The number of nitrogens with one attached hydrogen (secondary N) is 1. The minimum Gasteiger partial charge on any atom is -0.454 e. The maximum Gasteiger partial charge on any atom is 0.321 e. The Morgan fingerprint density at radius 1 is 1.22 bits per heavy atom. The van der Waals surface area contributed by atoms with Gasteiger partial charge in [0.2, 0.25) is 6.79 Å². The highest BCUT2D eigenvalue weighted by Gasteiger charge is 2.16. The summed E-state index contributed by atoms with van der Waals surface area (Å²) in [5, 5.41) is 4.06. The van der Waals surface area contributed by atoms with Crippen molar-refractivity contribution < 1.29 is 14.3 Å². The molecule has 7 heteroatoms. The van der Waals surface area contributed by atoms with Gasteiger partial charge in [-0.15, -0.1) is 11.3 Å². The number of rotatable bonds is 4. The predicted molar refractivity (Wildman–Crippen MR) is 107 cm³/mol. The summed E-state index contributed by atoms with van der Waals surface area (Å²) in [6, 6.07) is 11.4. The summed E-state index contributed by atoms with van der Waals surface area (Å²) in [5.41, 5.74) is 2.72. The second kappa shape index (κ2) is 7.08. The van der Waals surface area contributed by atoms with Gasteiger partial charge in [-0.3, -0.25) is 0 Å². The normalized spacial score (nSPS) is 12.6. The molecule has 140 valence electrons. The quantitative estimate of drug-likeness (QED) is 0.702. The Morgan fingerprint density at radius 3 is 2.85 bits per heavy atom. The van der Waals surface area contributed by atoms with E-state index < -0.39 is 0 Å². The Bertz CT molecular complexity index is 999. The van der Waals surface area contributed by atoms with Gasteiger partial charge in [0.15, 0.2) is 11.5 Å². The van der Waals surface area contributed by atoms with Crippen LogP contribution in [0, 0.1) is 0 Å². The molecule has 2 amide bonds. The van der Waals surface area contributed by atoms with E-state index in [0.29, 0.717) is 12.5 Å². The summed E-state index contributed by atoms with van der Waals surface area (Å²) >= 11 is 1.67.